The first-order valence-corrected chi connectivity index (χ1v) is 13.1. The summed E-state index contributed by atoms with van der Waals surface area (Å²) >= 11 is 0. The maximum Gasteiger partial charge on any atom is 0.0886 e. The highest BCUT2D eigenvalue weighted by Gasteiger charge is 2.60. The largest absolute Gasteiger partial charge is 0.513 e. The molecule has 4 rings (SSSR count). The molecular weight excluding hydrogens is 352 g/mol. The van der Waals surface area contributed by atoms with E-state index in [-0.39, 0.29) is 0 Å². The van der Waals surface area contributed by atoms with Crippen molar-refractivity contribution in [3.05, 3.63) is 11.8 Å². The van der Waals surface area contributed by atoms with E-state index in [2.05, 4.69) is 47.6 Å². The first-order chi connectivity index (χ1) is 13.7. The summed E-state index contributed by atoms with van der Waals surface area (Å²) in [5.74, 6) is 7.67. The fourth-order valence-electron chi connectivity index (χ4n) is 8.88. The van der Waals surface area contributed by atoms with Crippen LogP contribution in [0.3, 0.4) is 0 Å². The van der Waals surface area contributed by atoms with Crippen LogP contribution >= 0.6 is 0 Å². The van der Waals surface area contributed by atoms with Crippen molar-refractivity contribution < 1.29 is 5.11 Å². The number of rotatable bonds is 5. The van der Waals surface area contributed by atoms with Gasteiger partial charge in [-0.3, -0.25) is 0 Å². The summed E-state index contributed by atoms with van der Waals surface area (Å²) in [6.07, 6.45) is 15.9. The molecule has 3 fully saturated rings. The van der Waals surface area contributed by atoms with E-state index in [4.69, 9.17) is 0 Å². The van der Waals surface area contributed by atoms with E-state index >= 15 is 0 Å². The summed E-state index contributed by atoms with van der Waals surface area (Å²) in [7, 11) is 0. The average Bonchev–Trinajstić information content (AvgIpc) is 3.03. The van der Waals surface area contributed by atoms with Crippen LogP contribution in [-0.4, -0.2) is 5.11 Å². The third-order valence-corrected chi connectivity index (χ3v) is 11.2. The molecule has 1 N–H and O–H groups in total. The van der Waals surface area contributed by atoms with Crippen molar-refractivity contribution >= 4 is 0 Å². The van der Waals surface area contributed by atoms with Gasteiger partial charge in [0.05, 0.1) is 5.76 Å². The van der Waals surface area contributed by atoms with Crippen LogP contribution in [0.5, 0.6) is 0 Å². The lowest BCUT2D eigenvalue weighted by atomic mass is 9.45. The predicted octanol–water partition coefficient (Wildman–Crippen LogP) is 8.41. The summed E-state index contributed by atoms with van der Waals surface area (Å²) in [6.45, 7) is 15.1. The van der Waals surface area contributed by atoms with Gasteiger partial charge in [0, 0.05) is 6.42 Å². The molecular formula is C28H48O. The number of hydrogen-bond donors (Lipinski definition) is 1. The van der Waals surface area contributed by atoms with Crippen LogP contribution in [-0.2, 0) is 0 Å². The Bertz CT molecular complexity index is 620. The van der Waals surface area contributed by atoms with E-state index in [0.717, 1.165) is 47.8 Å². The van der Waals surface area contributed by atoms with Gasteiger partial charge in [0.25, 0.3) is 0 Å². The normalized spacial score (nSPS) is 46.4. The summed E-state index contributed by atoms with van der Waals surface area (Å²) in [5.41, 5.74) is 1.05. The van der Waals surface area contributed by atoms with Gasteiger partial charge < -0.3 is 5.11 Å². The van der Waals surface area contributed by atoms with Crippen molar-refractivity contribution in [2.45, 2.75) is 106 Å². The second kappa shape index (κ2) is 7.90. The molecule has 0 aromatic carbocycles. The molecule has 0 bridgehead atoms. The Morgan fingerprint density at radius 2 is 1.62 bits per heavy atom. The van der Waals surface area contributed by atoms with E-state index in [1.807, 2.05) is 0 Å². The molecule has 0 aromatic rings. The molecule has 4 aliphatic carbocycles. The van der Waals surface area contributed by atoms with Crippen LogP contribution in [0.1, 0.15) is 106 Å². The topological polar surface area (TPSA) is 20.2 Å². The van der Waals surface area contributed by atoms with Crippen molar-refractivity contribution in [1.29, 1.82) is 0 Å². The molecule has 0 aliphatic heterocycles. The van der Waals surface area contributed by atoms with Crippen molar-refractivity contribution in [2.75, 3.05) is 0 Å². The van der Waals surface area contributed by atoms with Crippen LogP contribution in [0.15, 0.2) is 11.8 Å². The maximum absolute atomic E-state index is 10.1. The standard InChI is InChI=1S/C28H48O/c1-18(2)19(3)7-8-20(4)24-11-12-25-23-10-9-21-17-22(29)13-15-27(21,5)26(23)14-16-28(24,25)6/h17-21,23-26,29H,7-16H2,1-6H3/t19-,20+,21?,23-,24+,25-,26-,27-,28+/m0/s1. The zero-order valence-electron chi connectivity index (χ0n) is 20.2. The van der Waals surface area contributed by atoms with Gasteiger partial charge in [0.15, 0.2) is 0 Å². The van der Waals surface area contributed by atoms with Crippen molar-refractivity contribution in [2.24, 2.45) is 58.2 Å². The summed E-state index contributed by atoms with van der Waals surface area (Å²) in [6, 6.07) is 0. The fraction of sp³-hybridized carbons (Fsp3) is 0.929. The smallest absolute Gasteiger partial charge is 0.0886 e. The number of fused-ring (bicyclic) bond motifs is 5. The Labute approximate surface area is 181 Å². The van der Waals surface area contributed by atoms with Gasteiger partial charge in [0.1, 0.15) is 0 Å². The van der Waals surface area contributed by atoms with Gasteiger partial charge >= 0.3 is 0 Å². The lowest BCUT2D eigenvalue weighted by Gasteiger charge is -2.60. The first-order valence-electron chi connectivity index (χ1n) is 13.1. The minimum absolute atomic E-state index is 0.451. The third kappa shape index (κ3) is 3.61. The van der Waals surface area contributed by atoms with Gasteiger partial charge in [-0.1, -0.05) is 54.4 Å². The molecule has 0 heterocycles. The van der Waals surface area contributed by atoms with E-state index in [1.165, 1.54) is 57.8 Å². The molecule has 0 spiro atoms. The summed E-state index contributed by atoms with van der Waals surface area (Å²) < 4.78 is 0. The zero-order chi connectivity index (χ0) is 21.0. The van der Waals surface area contributed by atoms with Crippen LogP contribution in [0.4, 0.5) is 0 Å². The zero-order valence-corrected chi connectivity index (χ0v) is 20.2. The quantitative estimate of drug-likeness (QED) is 0.491. The lowest BCUT2D eigenvalue weighted by molar-refractivity contribution is -0.0980. The van der Waals surface area contributed by atoms with E-state index in [1.54, 1.807) is 0 Å². The molecule has 29 heavy (non-hydrogen) atoms. The average molecular weight is 401 g/mol. The molecule has 9 atom stereocenters. The molecule has 4 aliphatic rings. The summed E-state index contributed by atoms with van der Waals surface area (Å²) in [4.78, 5) is 0. The predicted molar refractivity (Wildman–Crippen MR) is 124 cm³/mol. The Hall–Kier alpha value is -0.460. The Kier molecular flexibility index (Phi) is 5.93. The highest BCUT2D eigenvalue weighted by Crippen LogP contribution is 2.68. The molecule has 0 saturated heterocycles. The number of hydrogen-bond acceptors (Lipinski definition) is 1. The fourth-order valence-corrected chi connectivity index (χ4v) is 8.88. The van der Waals surface area contributed by atoms with E-state index in [9.17, 15) is 5.11 Å². The molecule has 1 heteroatoms. The van der Waals surface area contributed by atoms with Crippen LogP contribution in [0.2, 0.25) is 0 Å². The van der Waals surface area contributed by atoms with Gasteiger partial charge in [-0.05, 0) is 109 Å². The SMILES string of the molecule is CC(C)[C@@H](C)CC[C@@H](C)[C@H]1CC[C@H]2[C@@H]3CCC4C=C(O)CC[C@]4(C)[C@H]3CC[C@]12C. The van der Waals surface area contributed by atoms with Crippen LogP contribution < -0.4 is 0 Å². The molecule has 0 aromatic heterocycles. The number of aliphatic hydroxyl groups is 1. The maximum atomic E-state index is 10.1. The Balaban J connectivity index is 1.47. The lowest BCUT2D eigenvalue weighted by Crippen LogP contribution is -2.52. The van der Waals surface area contributed by atoms with Gasteiger partial charge in [0.2, 0.25) is 0 Å². The van der Waals surface area contributed by atoms with Gasteiger partial charge in [-0.2, -0.15) is 0 Å². The number of allylic oxidation sites excluding steroid dienone is 2. The Morgan fingerprint density at radius 3 is 2.34 bits per heavy atom. The first kappa shape index (κ1) is 21.8. The highest BCUT2D eigenvalue weighted by atomic mass is 16.3. The second-order valence-corrected chi connectivity index (χ2v) is 12.7. The minimum Gasteiger partial charge on any atom is -0.513 e. The molecule has 0 radical (unpaired) electrons. The van der Waals surface area contributed by atoms with Crippen LogP contribution in [0, 0.1) is 58.2 Å². The third-order valence-electron chi connectivity index (χ3n) is 11.2. The van der Waals surface area contributed by atoms with Gasteiger partial charge in [-0.25, -0.2) is 0 Å². The monoisotopic (exact) mass is 400 g/mol. The number of aliphatic hydroxyl groups excluding tert-OH is 1. The highest BCUT2D eigenvalue weighted by molar-refractivity contribution is 5.15. The van der Waals surface area contributed by atoms with Crippen molar-refractivity contribution in [3.8, 4) is 0 Å². The molecule has 0 amide bonds. The molecule has 166 valence electrons. The van der Waals surface area contributed by atoms with Crippen LogP contribution in [0.25, 0.3) is 0 Å². The molecule has 1 unspecified atom stereocenters. The van der Waals surface area contributed by atoms with E-state index in [0.29, 0.717) is 22.5 Å². The van der Waals surface area contributed by atoms with Crippen molar-refractivity contribution in [3.63, 3.8) is 0 Å². The van der Waals surface area contributed by atoms with E-state index < -0.39 is 0 Å². The van der Waals surface area contributed by atoms with Gasteiger partial charge in [-0.15, -0.1) is 0 Å². The minimum atomic E-state index is 0.451. The summed E-state index contributed by atoms with van der Waals surface area (Å²) in [5, 5.41) is 10.1. The van der Waals surface area contributed by atoms with Crippen molar-refractivity contribution in [1.82, 2.24) is 0 Å². The molecule has 3 saturated carbocycles. The second-order valence-electron chi connectivity index (χ2n) is 12.7. The molecule has 1 nitrogen and oxygen atoms in total. The Morgan fingerprint density at radius 1 is 0.897 bits per heavy atom.